The second-order valence-electron chi connectivity index (χ2n) is 8.10. The molecule has 0 spiro atoms. The van der Waals surface area contributed by atoms with E-state index in [1.165, 1.54) is 12.3 Å². The lowest BCUT2D eigenvalue weighted by atomic mass is 9.93. The van der Waals surface area contributed by atoms with E-state index in [-0.39, 0.29) is 28.2 Å². The number of Topliss-reactive ketones (excluding diaryl/α,β-unsaturated/α-hetero) is 1. The molecular formula is C19H25BrN4O4. The van der Waals surface area contributed by atoms with Crippen LogP contribution in [0.15, 0.2) is 17.1 Å². The van der Waals surface area contributed by atoms with Crippen molar-refractivity contribution in [3.63, 3.8) is 0 Å². The molecule has 8 nitrogen and oxygen atoms in total. The number of likely N-dealkylation sites (tertiary alicyclic amines) is 1. The molecule has 1 aliphatic rings. The number of rotatable bonds is 3. The van der Waals surface area contributed by atoms with Crippen molar-refractivity contribution in [2.24, 2.45) is 0 Å². The average molecular weight is 453 g/mol. The quantitative estimate of drug-likeness (QED) is 0.569. The Morgan fingerprint density at radius 3 is 2.54 bits per heavy atom. The van der Waals surface area contributed by atoms with Gasteiger partial charge in [0.05, 0.1) is 22.3 Å². The minimum absolute atomic E-state index is 0.0627. The number of fused-ring (bicyclic) bond motifs is 1. The molecule has 1 atom stereocenters. The monoisotopic (exact) mass is 452 g/mol. The number of amides is 1. The molecule has 1 amide bonds. The third-order valence-electron chi connectivity index (χ3n) is 4.73. The SMILES string of the molecule is CC(Br)C(=O)c1cnn2c(C3CCN(C(=O)OC(C)(C)C)CC3)cc(=O)[nH]c12. The third-order valence-corrected chi connectivity index (χ3v) is 5.14. The van der Waals surface area contributed by atoms with Crippen LogP contribution in [0.3, 0.4) is 0 Å². The zero-order valence-corrected chi connectivity index (χ0v) is 18.1. The fourth-order valence-corrected chi connectivity index (χ4v) is 3.63. The van der Waals surface area contributed by atoms with Crippen molar-refractivity contribution in [3.05, 3.63) is 33.9 Å². The van der Waals surface area contributed by atoms with Crippen LogP contribution in [-0.2, 0) is 4.74 Å². The normalized spacial score (nSPS) is 17.0. The fourth-order valence-electron chi connectivity index (χ4n) is 3.38. The van der Waals surface area contributed by atoms with Crippen LogP contribution in [0.1, 0.15) is 62.5 Å². The number of H-pyrrole nitrogens is 1. The van der Waals surface area contributed by atoms with Gasteiger partial charge in [0.15, 0.2) is 5.78 Å². The zero-order chi connectivity index (χ0) is 20.6. The van der Waals surface area contributed by atoms with Gasteiger partial charge in [-0.2, -0.15) is 5.10 Å². The van der Waals surface area contributed by atoms with E-state index in [1.807, 2.05) is 20.8 Å². The van der Waals surface area contributed by atoms with Crippen molar-refractivity contribution in [1.29, 1.82) is 0 Å². The zero-order valence-electron chi connectivity index (χ0n) is 16.5. The van der Waals surface area contributed by atoms with Gasteiger partial charge < -0.3 is 14.6 Å². The van der Waals surface area contributed by atoms with Crippen LogP contribution in [0.5, 0.6) is 0 Å². The van der Waals surface area contributed by atoms with Gasteiger partial charge >= 0.3 is 6.09 Å². The summed E-state index contributed by atoms with van der Waals surface area (Å²) in [7, 11) is 0. The Balaban J connectivity index is 1.83. The largest absolute Gasteiger partial charge is 0.444 e. The van der Waals surface area contributed by atoms with E-state index in [4.69, 9.17) is 4.74 Å². The molecule has 0 aliphatic carbocycles. The number of hydrogen-bond donors (Lipinski definition) is 1. The maximum absolute atomic E-state index is 12.4. The van der Waals surface area contributed by atoms with E-state index in [9.17, 15) is 14.4 Å². The summed E-state index contributed by atoms with van der Waals surface area (Å²) in [6.45, 7) is 8.35. The van der Waals surface area contributed by atoms with E-state index in [0.717, 1.165) is 5.69 Å². The molecule has 1 saturated heterocycles. The Morgan fingerprint density at radius 2 is 1.96 bits per heavy atom. The number of ether oxygens (including phenoxy) is 1. The van der Waals surface area contributed by atoms with Gasteiger partial charge in [-0.05, 0) is 40.5 Å². The predicted molar refractivity (Wildman–Crippen MR) is 108 cm³/mol. The molecule has 3 rings (SSSR count). The highest BCUT2D eigenvalue weighted by molar-refractivity contribution is 9.10. The summed E-state index contributed by atoms with van der Waals surface area (Å²) >= 11 is 3.27. The number of nitrogens with one attached hydrogen (secondary N) is 1. The van der Waals surface area contributed by atoms with Crippen molar-refractivity contribution in [2.75, 3.05) is 13.1 Å². The van der Waals surface area contributed by atoms with Gasteiger partial charge in [0, 0.05) is 25.1 Å². The number of hydrogen-bond acceptors (Lipinski definition) is 5. The molecule has 0 saturated carbocycles. The molecule has 0 radical (unpaired) electrons. The number of ketones is 1. The smallest absolute Gasteiger partial charge is 0.410 e. The maximum atomic E-state index is 12.4. The van der Waals surface area contributed by atoms with Crippen LogP contribution >= 0.6 is 15.9 Å². The molecule has 9 heteroatoms. The van der Waals surface area contributed by atoms with Gasteiger partial charge in [0.1, 0.15) is 11.2 Å². The average Bonchev–Trinajstić information content (AvgIpc) is 3.02. The molecule has 2 aromatic heterocycles. The highest BCUT2D eigenvalue weighted by atomic mass is 79.9. The topological polar surface area (TPSA) is 96.8 Å². The van der Waals surface area contributed by atoms with Gasteiger partial charge in [0.25, 0.3) is 5.56 Å². The van der Waals surface area contributed by atoms with Crippen molar-refractivity contribution >= 4 is 33.5 Å². The van der Waals surface area contributed by atoms with Crippen molar-refractivity contribution in [1.82, 2.24) is 19.5 Å². The van der Waals surface area contributed by atoms with Crippen LogP contribution < -0.4 is 5.56 Å². The van der Waals surface area contributed by atoms with E-state index < -0.39 is 5.60 Å². The van der Waals surface area contributed by atoms with E-state index >= 15 is 0 Å². The lowest BCUT2D eigenvalue weighted by Gasteiger charge is -2.33. The standard InChI is InChI=1S/C19H25BrN4O4/c1-11(20)16(26)13-10-21-24-14(9-15(25)22-17(13)24)12-5-7-23(8-6-12)18(27)28-19(2,3)4/h9-12H,5-8H2,1-4H3,(H,22,25). The second-order valence-corrected chi connectivity index (χ2v) is 9.47. The number of nitrogens with zero attached hydrogens (tertiary/aromatic N) is 3. The number of aromatic nitrogens is 3. The Labute approximate surface area is 171 Å². The summed E-state index contributed by atoms with van der Waals surface area (Å²) in [5.41, 5.74) is 0.748. The lowest BCUT2D eigenvalue weighted by Crippen LogP contribution is -2.41. The number of aromatic amines is 1. The first-order valence-electron chi connectivity index (χ1n) is 9.34. The Morgan fingerprint density at radius 1 is 1.32 bits per heavy atom. The van der Waals surface area contributed by atoms with E-state index in [0.29, 0.717) is 37.1 Å². The minimum Gasteiger partial charge on any atom is -0.444 e. The summed E-state index contributed by atoms with van der Waals surface area (Å²) in [5, 5.41) is 4.34. The summed E-state index contributed by atoms with van der Waals surface area (Å²) in [6.07, 6.45) is 2.55. The van der Waals surface area contributed by atoms with Crippen molar-refractivity contribution in [2.45, 2.75) is 56.9 Å². The molecule has 152 valence electrons. The molecule has 1 unspecified atom stereocenters. The fraction of sp³-hybridized carbons (Fsp3) is 0.579. The molecule has 1 aliphatic heterocycles. The number of halogens is 1. The van der Waals surface area contributed by atoms with Crippen LogP contribution in [-0.4, -0.2) is 54.9 Å². The van der Waals surface area contributed by atoms with Crippen LogP contribution in [0.4, 0.5) is 4.79 Å². The predicted octanol–water partition coefficient (Wildman–Crippen LogP) is 3.10. The number of carbonyl (C=O) groups excluding carboxylic acids is 2. The van der Waals surface area contributed by atoms with Crippen molar-refractivity contribution < 1.29 is 14.3 Å². The lowest BCUT2D eigenvalue weighted by molar-refractivity contribution is 0.0203. The van der Waals surface area contributed by atoms with E-state index in [1.54, 1.807) is 16.3 Å². The van der Waals surface area contributed by atoms with Gasteiger partial charge in [-0.1, -0.05) is 15.9 Å². The number of carbonyl (C=O) groups is 2. The molecule has 0 aromatic carbocycles. The van der Waals surface area contributed by atoms with Crippen molar-refractivity contribution in [3.8, 4) is 0 Å². The second kappa shape index (κ2) is 7.69. The first-order valence-corrected chi connectivity index (χ1v) is 10.3. The minimum atomic E-state index is -0.530. The molecule has 2 aromatic rings. The number of piperidine rings is 1. The van der Waals surface area contributed by atoms with Crippen LogP contribution in [0.25, 0.3) is 5.65 Å². The summed E-state index contributed by atoms with van der Waals surface area (Å²) in [4.78, 5) is 40.9. The van der Waals surface area contributed by atoms with Crippen LogP contribution in [0.2, 0.25) is 0 Å². The molecule has 0 bridgehead atoms. The summed E-state index contributed by atoms with van der Waals surface area (Å²) < 4.78 is 7.07. The molecule has 1 fully saturated rings. The molecule has 3 heterocycles. The Kier molecular flexibility index (Phi) is 5.65. The van der Waals surface area contributed by atoms with Gasteiger partial charge in [0.2, 0.25) is 0 Å². The Bertz CT molecular complexity index is 949. The number of alkyl halides is 1. The first kappa shape index (κ1) is 20.6. The maximum Gasteiger partial charge on any atom is 0.410 e. The molecule has 1 N–H and O–H groups in total. The van der Waals surface area contributed by atoms with Gasteiger partial charge in [-0.15, -0.1) is 0 Å². The summed E-state index contributed by atoms with van der Waals surface area (Å²) in [5.74, 6) is -0.0738. The van der Waals surface area contributed by atoms with Gasteiger partial charge in [-0.3, -0.25) is 9.59 Å². The molecular weight excluding hydrogens is 428 g/mol. The highest BCUT2D eigenvalue weighted by Gasteiger charge is 2.29. The van der Waals surface area contributed by atoms with Gasteiger partial charge in [-0.25, -0.2) is 9.31 Å². The highest BCUT2D eigenvalue weighted by Crippen LogP contribution is 2.29. The third kappa shape index (κ3) is 4.29. The summed E-state index contributed by atoms with van der Waals surface area (Å²) in [6, 6.07) is 1.53. The van der Waals surface area contributed by atoms with E-state index in [2.05, 4.69) is 26.0 Å². The Hall–Kier alpha value is -2.16. The molecule has 28 heavy (non-hydrogen) atoms. The van der Waals surface area contributed by atoms with Crippen LogP contribution in [0, 0.1) is 0 Å². The first-order chi connectivity index (χ1) is 13.1.